The molecule has 0 atom stereocenters. The van der Waals surface area contributed by atoms with Gasteiger partial charge in [0.2, 0.25) is 0 Å². The quantitative estimate of drug-likeness (QED) is 0.116. The summed E-state index contributed by atoms with van der Waals surface area (Å²) in [5.74, 6) is 1.97. The summed E-state index contributed by atoms with van der Waals surface area (Å²) in [6, 6.07) is 30.0. The van der Waals surface area contributed by atoms with Gasteiger partial charge in [0, 0.05) is 10.8 Å². The molecule has 4 aromatic carbocycles. The van der Waals surface area contributed by atoms with Crippen molar-refractivity contribution < 1.29 is 29.3 Å². The first-order valence-corrected chi connectivity index (χ1v) is 16.7. The Balaban J connectivity index is 0.000000341. The Bertz CT molecular complexity index is 1560. The van der Waals surface area contributed by atoms with Crippen LogP contribution in [0.25, 0.3) is 11.1 Å². The third kappa shape index (κ3) is 13.1. The molecule has 6 nitrogen and oxygen atoms in total. The predicted octanol–water partition coefficient (Wildman–Crippen LogP) is 10.8. The maximum absolute atomic E-state index is 12.5. The fourth-order valence-electron chi connectivity index (χ4n) is 4.18. The molecule has 6 heteroatoms. The average Bonchev–Trinajstić information content (AvgIpc) is 3.02. The number of benzene rings is 4. The van der Waals surface area contributed by atoms with Crippen molar-refractivity contribution in [1.82, 2.24) is 0 Å². The summed E-state index contributed by atoms with van der Waals surface area (Å²) in [5, 5.41) is 18.2. The molecule has 4 rings (SSSR count). The minimum absolute atomic E-state index is 0.139. The van der Waals surface area contributed by atoms with Crippen LogP contribution in [0, 0.1) is 16.7 Å². The third-order valence-corrected chi connectivity index (χ3v) is 8.18. The number of phenolic OH excluding ortho intramolecular Hbond substituents is 2. The van der Waals surface area contributed by atoms with Crippen LogP contribution in [0.5, 0.6) is 23.0 Å². The molecule has 49 heavy (non-hydrogen) atoms. The predicted molar refractivity (Wildman–Crippen MR) is 200 cm³/mol. The van der Waals surface area contributed by atoms with E-state index in [1.165, 1.54) is 5.56 Å². The molecule has 0 amide bonds. The third-order valence-electron chi connectivity index (χ3n) is 8.18. The Morgan fingerprint density at radius 3 is 1.24 bits per heavy atom. The van der Waals surface area contributed by atoms with E-state index in [1.807, 2.05) is 130 Å². The van der Waals surface area contributed by atoms with Crippen LogP contribution in [0.2, 0.25) is 0 Å². The maximum Gasteiger partial charge on any atom is 0.317 e. The van der Waals surface area contributed by atoms with Gasteiger partial charge in [0.25, 0.3) is 0 Å². The molecule has 0 saturated heterocycles. The highest BCUT2D eigenvalue weighted by Gasteiger charge is 2.33. The molecule has 0 spiro atoms. The van der Waals surface area contributed by atoms with E-state index in [2.05, 4.69) is 26.0 Å². The summed E-state index contributed by atoms with van der Waals surface area (Å²) in [4.78, 5) is 22.3. The lowest BCUT2D eigenvalue weighted by atomic mass is 9.78. The van der Waals surface area contributed by atoms with Crippen LogP contribution < -0.4 is 9.47 Å². The van der Waals surface area contributed by atoms with E-state index >= 15 is 0 Å². The first kappa shape index (κ1) is 40.6. The Kier molecular flexibility index (Phi) is 13.8. The molecular formula is C43H56O6. The van der Waals surface area contributed by atoms with Gasteiger partial charge in [0.1, 0.15) is 34.9 Å². The molecule has 264 valence electrons. The summed E-state index contributed by atoms with van der Waals surface area (Å²) < 4.78 is 11.5. The van der Waals surface area contributed by atoms with Crippen molar-refractivity contribution in [1.29, 1.82) is 0 Å². The Morgan fingerprint density at radius 1 is 0.592 bits per heavy atom. The van der Waals surface area contributed by atoms with E-state index in [1.54, 1.807) is 24.3 Å². The molecule has 0 aliphatic rings. The molecule has 0 heterocycles. The van der Waals surface area contributed by atoms with Gasteiger partial charge in [0.05, 0.1) is 5.41 Å². The number of carbonyl (C=O) groups excluding carboxylic acids is 2. The van der Waals surface area contributed by atoms with Crippen LogP contribution >= 0.6 is 0 Å². The van der Waals surface area contributed by atoms with Gasteiger partial charge in [0.15, 0.2) is 0 Å². The van der Waals surface area contributed by atoms with E-state index in [0.29, 0.717) is 5.75 Å². The standard InChI is InChI=1S/C26H36O3.C12H10O2.C5H10O/c1-18(2)25(6,7)23(27)28-21-14-10-19(11-15-21)26(8,9)20-12-16-22(17-13-20)29-24(3,4)5;13-11-5-1-9(2-6-11)10-3-7-12(14)8-4-10;1-5(2,3)4-6/h10-18H,1-9H3;1-8,13-14H;4H,1-3H3. The van der Waals surface area contributed by atoms with E-state index in [4.69, 9.17) is 19.7 Å². The lowest BCUT2D eigenvalue weighted by Crippen LogP contribution is -2.33. The number of ether oxygens (including phenoxy) is 2. The number of hydrogen-bond acceptors (Lipinski definition) is 6. The van der Waals surface area contributed by atoms with Crippen LogP contribution in [0.4, 0.5) is 0 Å². The van der Waals surface area contributed by atoms with E-state index in [9.17, 15) is 9.59 Å². The first-order chi connectivity index (χ1) is 22.5. The molecule has 0 saturated carbocycles. The number of phenols is 2. The highest BCUT2D eigenvalue weighted by molar-refractivity contribution is 5.78. The number of rotatable bonds is 7. The van der Waals surface area contributed by atoms with Crippen LogP contribution in [-0.4, -0.2) is 28.1 Å². The number of esters is 1. The van der Waals surface area contributed by atoms with Crippen molar-refractivity contribution in [2.75, 3.05) is 0 Å². The molecule has 0 unspecified atom stereocenters. The zero-order valence-electron chi connectivity index (χ0n) is 31.4. The second-order valence-electron chi connectivity index (χ2n) is 15.7. The Hall–Kier alpha value is -4.58. The van der Waals surface area contributed by atoms with Crippen LogP contribution in [0.1, 0.15) is 94.2 Å². The summed E-state index contributed by atoms with van der Waals surface area (Å²) in [6.07, 6.45) is 0.938. The van der Waals surface area contributed by atoms with Gasteiger partial charge in [-0.05, 0) is 111 Å². The van der Waals surface area contributed by atoms with Crippen molar-refractivity contribution in [2.24, 2.45) is 16.7 Å². The average molecular weight is 669 g/mol. The van der Waals surface area contributed by atoms with Crippen LogP contribution in [0.15, 0.2) is 97.1 Å². The number of aldehydes is 1. The second-order valence-corrected chi connectivity index (χ2v) is 15.7. The van der Waals surface area contributed by atoms with E-state index < -0.39 is 5.41 Å². The molecule has 0 radical (unpaired) electrons. The zero-order chi connectivity index (χ0) is 37.2. The molecular weight excluding hydrogens is 612 g/mol. The van der Waals surface area contributed by atoms with Crippen LogP contribution in [0.3, 0.4) is 0 Å². The summed E-state index contributed by atoms with van der Waals surface area (Å²) in [5.41, 5.74) is 3.34. The number of carbonyl (C=O) groups is 2. The summed E-state index contributed by atoms with van der Waals surface area (Å²) in [6.45, 7) is 24.0. The van der Waals surface area contributed by atoms with Gasteiger partial charge in [-0.2, -0.15) is 0 Å². The van der Waals surface area contributed by atoms with E-state index in [-0.39, 0.29) is 39.8 Å². The van der Waals surface area contributed by atoms with E-state index in [0.717, 1.165) is 28.7 Å². The molecule has 0 aromatic heterocycles. The van der Waals surface area contributed by atoms with Gasteiger partial charge in [-0.1, -0.05) is 97.0 Å². The van der Waals surface area contributed by atoms with Crippen molar-refractivity contribution >= 4 is 12.3 Å². The Morgan fingerprint density at radius 2 is 0.939 bits per heavy atom. The number of aromatic hydroxyl groups is 2. The SMILES string of the molecule is CC(C)(C)C=O.CC(C)C(C)(C)C(=O)Oc1ccc(C(C)(C)c2ccc(OC(C)(C)C)cc2)cc1.Oc1ccc(-c2ccc(O)cc2)cc1. The maximum atomic E-state index is 12.5. The highest BCUT2D eigenvalue weighted by Crippen LogP contribution is 2.35. The molecule has 0 aliphatic carbocycles. The van der Waals surface area contributed by atoms with Crippen molar-refractivity contribution in [2.45, 2.75) is 94.1 Å². The first-order valence-electron chi connectivity index (χ1n) is 16.7. The molecule has 0 fully saturated rings. The van der Waals surface area contributed by atoms with Crippen LogP contribution in [-0.2, 0) is 15.0 Å². The van der Waals surface area contributed by atoms with Gasteiger partial charge in [-0.25, -0.2) is 0 Å². The topological polar surface area (TPSA) is 93.1 Å². The molecule has 0 aliphatic heterocycles. The summed E-state index contributed by atoms with van der Waals surface area (Å²) >= 11 is 0. The monoisotopic (exact) mass is 668 g/mol. The fourth-order valence-corrected chi connectivity index (χ4v) is 4.18. The molecule has 0 bridgehead atoms. The lowest BCUT2D eigenvalue weighted by Gasteiger charge is -2.28. The van der Waals surface area contributed by atoms with Gasteiger partial charge in [-0.3, -0.25) is 4.79 Å². The smallest absolute Gasteiger partial charge is 0.317 e. The molecule has 4 aromatic rings. The van der Waals surface area contributed by atoms with Gasteiger partial charge < -0.3 is 24.5 Å². The van der Waals surface area contributed by atoms with Crippen molar-refractivity contribution in [3.05, 3.63) is 108 Å². The minimum atomic E-state index is -0.519. The largest absolute Gasteiger partial charge is 0.508 e. The lowest BCUT2D eigenvalue weighted by molar-refractivity contribution is -0.146. The van der Waals surface area contributed by atoms with Crippen molar-refractivity contribution in [3.8, 4) is 34.1 Å². The van der Waals surface area contributed by atoms with Crippen molar-refractivity contribution in [3.63, 3.8) is 0 Å². The van der Waals surface area contributed by atoms with Gasteiger partial charge >= 0.3 is 5.97 Å². The molecule has 2 N–H and O–H groups in total. The van der Waals surface area contributed by atoms with Gasteiger partial charge in [-0.15, -0.1) is 0 Å². The summed E-state index contributed by atoms with van der Waals surface area (Å²) in [7, 11) is 0. The highest BCUT2D eigenvalue weighted by atomic mass is 16.5. The fraction of sp³-hybridized carbons (Fsp3) is 0.395. The second kappa shape index (κ2) is 16.7. The number of hydrogen-bond donors (Lipinski definition) is 2. The minimum Gasteiger partial charge on any atom is -0.508 e. The normalized spacial score (nSPS) is 11.8. The zero-order valence-corrected chi connectivity index (χ0v) is 31.4. The Labute approximate surface area is 294 Å².